The van der Waals surface area contributed by atoms with E-state index < -0.39 is 47.6 Å². The average Bonchev–Trinajstić information content (AvgIpc) is 3.52. The van der Waals surface area contributed by atoms with Gasteiger partial charge in [0, 0.05) is 33.3 Å². The summed E-state index contributed by atoms with van der Waals surface area (Å²) in [6.07, 6.45) is -14.6. The standard InChI is InChI=1S/C27H20F6I2N2O7/c1-24-7-36(19(38)11-3-15-17(5-13(11)34)43-22(41-15)26(28,29)30)9-25(2,21(24)40)10-37(8-24)20(39)12-4-16-18(6-14(12)35)44-23(42-16)27(31,32)33/h3-6,22-23H,7-10H2,1-2H3. The number of alkyl halides is 6. The van der Waals surface area contributed by atoms with Crippen LogP contribution in [0.3, 0.4) is 0 Å². The number of nitrogens with zero attached hydrogens (tertiary/aromatic N) is 2. The van der Waals surface area contributed by atoms with E-state index in [0.29, 0.717) is 7.14 Å². The van der Waals surface area contributed by atoms with E-state index in [9.17, 15) is 40.7 Å². The second kappa shape index (κ2) is 10.1. The highest BCUT2D eigenvalue weighted by Gasteiger charge is 2.58. The van der Waals surface area contributed by atoms with Crippen LogP contribution in [0, 0.1) is 18.0 Å². The maximum atomic E-state index is 13.7. The van der Waals surface area contributed by atoms with Crippen LogP contribution < -0.4 is 18.9 Å². The number of fused-ring (bicyclic) bond motifs is 4. The summed E-state index contributed by atoms with van der Waals surface area (Å²) >= 11 is 3.62. The summed E-state index contributed by atoms with van der Waals surface area (Å²) in [5.41, 5.74) is -2.31. The van der Waals surface area contributed by atoms with Gasteiger partial charge in [0.05, 0.1) is 22.0 Å². The van der Waals surface area contributed by atoms with Crippen LogP contribution in [-0.4, -0.2) is 78.5 Å². The van der Waals surface area contributed by atoms with E-state index in [0.717, 1.165) is 0 Å². The summed E-state index contributed by atoms with van der Waals surface area (Å²) in [4.78, 5) is 43.9. The zero-order chi connectivity index (χ0) is 32.1. The van der Waals surface area contributed by atoms with Gasteiger partial charge in [-0.3, -0.25) is 14.4 Å². The fraction of sp³-hybridized carbons (Fsp3) is 0.444. The van der Waals surface area contributed by atoms with Gasteiger partial charge in [-0.15, -0.1) is 0 Å². The Kier molecular flexibility index (Phi) is 7.21. The highest BCUT2D eigenvalue weighted by molar-refractivity contribution is 14.1. The van der Waals surface area contributed by atoms with Gasteiger partial charge in [-0.2, -0.15) is 26.3 Å². The number of hydrogen-bond acceptors (Lipinski definition) is 7. The molecule has 44 heavy (non-hydrogen) atoms. The smallest absolute Gasteiger partial charge is 0.443 e. The third kappa shape index (κ3) is 5.20. The van der Waals surface area contributed by atoms with E-state index in [2.05, 4.69) is 0 Å². The zero-order valence-electron chi connectivity index (χ0n) is 22.6. The molecule has 236 valence electrons. The number of ketones is 1. The van der Waals surface area contributed by atoms with Crippen LogP contribution in [0.2, 0.25) is 0 Å². The van der Waals surface area contributed by atoms with Crippen LogP contribution in [0.15, 0.2) is 24.3 Å². The van der Waals surface area contributed by atoms with Gasteiger partial charge in [-0.25, -0.2) is 0 Å². The molecule has 2 fully saturated rings. The van der Waals surface area contributed by atoms with E-state index in [1.54, 1.807) is 13.8 Å². The summed E-state index contributed by atoms with van der Waals surface area (Å²) in [5.74, 6) is -2.02. The Labute approximate surface area is 272 Å². The fourth-order valence-electron chi connectivity index (χ4n) is 6.08. The van der Waals surface area contributed by atoms with Gasteiger partial charge < -0.3 is 28.7 Å². The number of halogens is 8. The second-order valence-corrected chi connectivity index (χ2v) is 13.9. The van der Waals surface area contributed by atoms with Crippen molar-refractivity contribution < 1.29 is 59.7 Å². The molecule has 0 radical (unpaired) electrons. The first kappa shape index (κ1) is 31.3. The normalized spacial score (nSPS) is 27.5. The molecule has 4 aliphatic heterocycles. The molecule has 0 spiro atoms. The molecule has 9 nitrogen and oxygen atoms in total. The van der Waals surface area contributed by atoms with Crippen molar-refractivity contribution in [1.29, 1.82) is 0 Å². The number of carbonyl (C=O) groups is 3. The molecule has 2 aromatic carbocycles. The van der Waals surface area contributed by atoms with Crippen LogP contribution in [0.4, 0.5) is 26.3 Å². The summed E-state index contributed by atoms with van der Waals surface area (Å²) in [6, 6.07) is 4.92. The molecule has 0 aliphatic carbocycles. The Morgan fingerprint density at radius 2 is 0.977 bits per heavy atom. The van der Waals surface area contributed by atoms with Crippen molar-refractivity contribution in [2.75, 3.05) is 26.2 Å². The Bertz CT molecular complexity index is 1490. The maximum absolute atomic E-state index is 13.7. The fourth-order valence-corrected chi connectivity index (χ4v) is 7.42. The van der Waals surface area contributed by atoms with Gasteiger partial charge in [0.25, 0.3) is 11.8 Å². The predicted molar refractivity (Wildman–Crippen MR) is 154 cm³/mol. The molecule has 0 aromatic heterocycles. The summed E-state index contributed by atoms with van der Waals surface area (Å²) in [5, 5.41) is 0. The number of carbonyl (C=O) groups excluding carboxylic acids is 3. The van der Waals surface area contributed by atoms with Crippen LogP contribution in [-0.2, 0) is 4.79 Å². The van der Waals surface area contributed by atoms with E-state index >= 15 is 0 Å². The minimum absolute atomic E-state index is 0.0652. The van der Waals surface area contributed by atoms with Crippen LogP contribution in [0.1, 0.15) is 34.6 Å². The lowest BCUT2D eigenvalue weighted by Gasteiger charge is -2.55. The van der Waals surface area contributed by atoms with Gasteiger partial charge in [0.15, 0.2) is 28.8 Å². The quantitative estimate of drug-likeness (QED) is 0.295. The van der Waals surface area contributed by atoms with Crippen molar-refractivity contribution in [3.63, 3.8) is 0 Å². The molecule has 2 atom stereocenters. The molecule has 2 saturated heterocycles. The summed E-state index contributed by atoms with van der Waals surface area (Å²) < 4.78 is 98.8. The SMILES string of the molecule is CC12CN(C(=O)c3cc4c(cc3I)OC(C(F)(F)F)O4)CC(C)(CN(C(=O)c3cc4c(cc3I)OC(C(F)(F)F)O4)C1)C2=O. The summed E-state index contributed by atoms with van der Waals surface area (Å²) in [6.45, 7) is 2.86. The lowest BCUT2D eigenvalue weighted by molar-refractivity contribution is -0.242. The molecule has 17 heteroatoms. The third-order valence-corrected chi connectivity index (χ3v) is 9.61. The molecule has 2 bridgehead atoms. The highest BCUT2D eigenvalue weighted by Crippen LogP contribution is 2.47. The number of Topliss-reactive ketones (excluding diaryl/α,β-unsaturated/α-hetero) is 1. The molecule has 2 aromatic rings. The van der Waals surface area contributed by atoms with E-state index in [1.165, 1.54) is 34.1 Å². The first-order valence-corrected chi connectivity index (χ1v) is 15.1. The molecular weight excluding hydrogens is 832 g/mol. The second-order valence-electron chi connectivity index (χ2n) is 11.5. The van der Waals surface area contributed by atoms with Crippen molar-refractivity contribution in [2.45, 2.75) is 38.8 Å². The number of ether oxygens (including phenoxy) is 4. The summed E-state index contributed by atoms with van der Waals surface area (Å²) in [7, 11) is 0. The number of likely N-dealkylation sites (tertiary alicyclic amines) is 2. The van der Waals surface area contributed by atoms with Gasteiger partial charge in [-0.1, -0.05) is 0 Å². The molecule has 6 rings (SSSR count). The maximum Gasteiger partial charge on any atom is 0.464 e. The van der Waals surface area contributed by atoms with Gasteiger partial charge >= 0.3 is 24.9 Å². The molecule has 2 unspecified atom stereocenters. The minimum atomic E-state index is -4.78. The first-order chi connectivity index (χ1) is 20.3. The lowest BCUT2D eigenvalue weighted by Crippen LogP contribution is -2.69. The van der Waals surface area contributed by atoms with Crippen molar-refractivity contribution in [3.8, 4) is 23.0 Å². The van der Waals surface area contributed by atoms with Crippen molar-refractivity contribution in [1.82, 2.24) is 9.80 Å². The Hall–Kier alpha value is -2.71. The Balaban J connectivity index is 1.23. The van der Waals surface area contributed by atoms with Crippen LogP contribution >= 0.6 is 45.2 Å². The Morgan fingerprint density at radius 1 is 0.682 bits per heavy atom. The predicted octanol–water partition coefficient (Wildman–Crippen LogP) is 5.41. The topological polar surface area (TPSA) is 94.6 Å². The number of amides is 2. The van der Waals surface area contributed by atoms with E-state index in [-0.39, 0.29) is 66.1 Å². The highest BCUT2D eigenvalue weighted by atomic mass is 127. The van der Waals surface area contributed by atoms with Crippen molar-refractivity contribution in [3.05, 3.63) is 42.5 Å². The third-order valence-electron chi connectivity index (χ3n) is 7.83. The van der Waals surface area contributed by atoms with Crippen molar-refractivity contribution in [2.24, 2.45) is 10.8 Å². The van der Waals surface area contributed by atoms with E-state index in [4.69, 9.17) is 18.9 Å². The molecule has 2 amide bonds. The first-order valence-electron chi connectivity index (χ1n) is 12.9. The van der Waals surface area contributed by atoms with Crippen LogP contribution in [0.25, 0.3) is 0 Å². The van der Waals surface area contributed by atoms with Gasteiger partial charge in [0.2, 0.25) is 0 Å². The number of benzene rings is 2. The minimum Gasteiger partial charge on any atom is -0.443 e. The largest absolute Gasteiger partial charge is 0.464 e. The molecule has 4 aliphatic rings. The number of rotatable bonds is 2. The molecule has 0 saturated carbocycles. The van der Waals surface area contributed by atoms with Gasteiger partial charge in [0.1, 0.15) is 0 Å². The number of hydrogen-bond donors (Lipinski definition) is 0. The zero-order valence-corrected chi connectivity index (χ0v) is 26.9. The average molecular weight is 852 g/mol. The molecule has 4 heterocycles. The molecular formula is C27H20F6I2N2O7. The van der Waals surface area contributed by atoms with E-state index in [1.807, 2.05) is 45.2 Å². The monoisotopic (exact) mass is 852 g/mol. The lowest BCUT2D eigenvalue weighted by atomic mass is 9.64. The van der Waals surface area contributed by atoms with Gasteiger partial charge in [-0.05, 0) is 83.3 Å². The van der Waals surface area contributed by atoms with Crippen LogP contribution in [0.5, 0.6) is 23.0 Å². The molecule has 0 N–H and O–H groups in total. The Morgan fingerprint density at radius 3 is 1.27 bits per heavy atom. The van der Waals surface area contributed by atoms with Crippen molar-refractivity contribution >= 4 is 62.8 Å². The number of piperidine rings is 2.